The van der Waals surface area contributed by atoms with Gasteiger partial charge in [0.15, 0.2) is 0 Å². The van der Waals surface area contributed by atoms with Gasteiger partial charge in [0.2, 0.25) is 0 Å². The summed E-state index contributed by atoms with van der Waals surface area (Å²) in [6, 6.07) is 7.49. The number of para-hydroxylation sites is 1. The Hall–Kier alpha value is -1.02. The molecule has 2 atom stereocenters. The summed E-state index contributed by atoms with van der Waals surface area (Å²) in [5.41, 5.74) is 4.48. The van der Waals surface area contributed by atoms with Crippen LogP contribution in [-0.2, 0) is 11.2 Å². The van der Waals surface area contributed by atoms with Crippen LogP contribution in [0.25, 0.3) is 0 Å². The van der Waals surface area contributed by atoms with Crippen molar-refractivity contribution in [3.63, 3.8) is 0 Å². The number of hydrogen-bond acceptors (Lipinski definition) is 2. The van der Waals surface area contributed by atoms with E-state index in [-0.39, 0.29) is 0 Å². The van der Waals surface area contributed by atoms with Gasteiger partial charge in [-0.3, -0.25) is 0 Å². The molecule has 0 spiro atoms. The van der Waals surface area contributed by atoms with E-state index in [0.717, 1.165) is 19.6 Å². The minimum atomic E-state index is 0.324. The highest BCUT2D eigenvalue weighted by atomic mass is 16.5. The van der Waals surface area contributed by atoms with Crippen molar-refractivity contribution < 1.29 is 4.74 Å². The van der Waals surface area contributed by atoms with Crippen molar-refractivity contribution in [2.45, 2.75) is 103 Å². The average Bonchev–Trinajstić information content (AvgIpc) is 2.98. The highest BCUT2D eigenvalue weighted by Gasteiger charge is 2.34. The van der Waals surface area contributed by atoms with E-state index in [1.54, 1.807) is 0 Å². The molecule has 1 aromatic rings. The smallest absolute Gasteiger partial charge is 0.0861 e. The summed E-state index contributed by atoms with van der Waals surface area (Å²) in [7, 11) is 0. The average molecular weight is 358 g/mol. The van der Waals surface area contributed by atoms with Gasteiger partial charge >= 0.3 is 0 Å². The molecule has 0 saturated heterocycles. The molecule has 0 amide bonds. The van der Waals surface area contributed by atoms with Crippen molar-refractivity contribution >= 4 is 5.69 Å². The van der Waals surface area contributed by atoms with E-state index < -0.39 is 0 Å². The molecule has 0 aliphatic carbocycles. The monoisotopic (exact) mass is 357 g/mol. The van der Waals surface area contributed by atoms with Crippen molar-refractivity contribution in [3.05, 3.63) is 29.3 Å². The number of benzene rings is 1. The summed E-state index contributed by atoms with van der Waals surface area (Å²) in [4.78, 5) is 2.60. The topological polar surface area (TPSA) is 12.5 Å². The lowest BCUT2D eigenvalue weighted by atomic mass is 9.97. The van der Waals surface area contributed by atoms with Crippen LogP contribution in [0.5, 0.6) is 0 Å². The number of ether oxygens (including phenoxy) is 1. The van der Waals surface area contributed by atoms with Gasteiger partial charge in [0, 0.05) is 30.4 Å². The number of nitrogens with zero attached hydrogens (tertiary/aromatic N) is 1. The van der Waals surface area contributed by atoms with E-state index in [1.807, 2.05) is 0 Å². The summed E-state index contributed by atoms with van der Waals surface area (Å²) >= 11 is 0. The maximum absolute atomic E-state index is 6.32. The molecule has 1 aromatic carbocycles. The summed E-state index contributed by atoms with van der Waals surface area (Å²) in [6.45, 7) is 6.74. The Bertz CT molecular complexity index is 541. The van der Waals surface area contributed by atoms with Crippen molar-refractivity contribution in [2.24, 2.45) is 0 Å². The van der Waals surface area contributed by atoms with E-state index in [2.05, 4.69) is 36.9 Å². The molecular weight excluding hydrogens is 318 g/mol. The van der Waals surface area contributed by atoms with Crippen LogP contribution in [0.15, 0.2) is 18.2 Å². The Labute approximate surface area is 161 Å². The van der Waals surface area contributed by atoms with Gasteiger partial charge < -0.3 is 9.64 Å². The van der Waals surface area contributed by atoms with E-state index in [1.165, 1.54) is 87.4 Å². The minimum absolute atomic E-state index is 0.324. The number of hydrogen-bond donors (Lipinski definition) is 0. The third kappa shape index (κ3) is 5.03. The molecular formula is C24H39NO. The Morgan fingerprint density at radius 3 is 2.38 bits per heavy atom. The summed E-state index contributed by atoms with van der Waals surface area (Å²) in [5.74, 6) is 0. The van der Waals surface area contributed by atoms with Crippen LogP contribution >= 0.6 is 0 Å². The van der Waals surface area contributed by atoms with Crippen LogP contribution in [0, 0.1) is 0 Å². The Kier molecular flexibility index (Phi) is 7.85. The van der Waals surface area contributed by atoms with Gasteiger partial charge in [-0.05, 0) is 31.7 Å². The van der Waals surface area contributed by atoms with E-state index >= 15 is 0 Å². The number of unbranched alkanes of at least 4 members (excludes halogenated alkanes) is 9. The Morgan fingerprint density at radius 2 is 1.65 bits per heavy atom. The second-order valence-corrected chi connectivity index (χ2v) is 8.43. The van der Waals surface area contributed by atoms with Gasteiger partial charge in [0.05, 0.1) is 6.10 Å². The largest absolute Gasteiger partial charge is 0.373 e. The maximum Gasteiger partial charge on any atom is 0.0861 e. The molecule has 0 aromatic heterocycles. The summed E-state index contributed by atoms with van der Waals surface area (Å²) in [6.07, 6.45) is 16.5. The van der Waals surface area contributed by atoms with Crippen LogP contribution < -0.4 is 4.90 Å². The highest BCUT2D eigenvalue weighted by Crippen LogP contribution is 2.43. The van der Waals surface area contributed by atoms with Crippen molar-refractivity contribution in [1.29, 1.82) is 0 Å². The molecule has 0 bridgehead atoms. The van der Waals surface area contributed by atoms with E-state index in [4.69, 9.17) is 4.74 Å². The van der Waals surface area contributed by atoms with Gasteiger partial charge in [-0.15, -0.1) is 0 Å². The third-order valence-corrected chi connectivity index (χ3v) is 6.28. The van der Waals surface area contributed by atoms with Crippen LogP contribution in [0.1, 0.15) is 102 Å². The summed E-state index contributed by atoms with van der Waals surface area (Å²) < 4.78 is 6.32. The maximum atomic E-state index is 6.32. The lowest BCUT2D eigenvalue weighted by molar-refractivity contribution is 0.0425. The standard InChI is InChI=1S/C24H39NO/c1-3-4-5-6-7-8-9-10-11-12-18-26-23-16-17-25-20(2)19-21-14-13-15-22(23)24(21)25/h13-15,20,23H,3-12,16-19H2,1-2H3. The predicted molar refractivity (Wildman–Crippen MR) is 112 cm³/mol. The Balaban J connectivity index is 1.30. The predicted octanol–water partition coefficient (Wildman–Crippen LogP) is 6.82. The lowest BCUT2D eigenvalue weighted by Crippen LogP contribution is -2.35. The first-order valence-corrected chi connectivity index (χ1v) is 11.3. The fourth-order valence-electron chi connectivity index (χ4n) is 4.77. The molecule has 0 radical (unpaired) electrons. The zero-order valence-electron chi connectivity index (χ0n) is 17.1. The molecule has 26 heavy (non-hydrogen) atoms. The molecule has 0 N–H and O–H groups in total. The zero-order valence-corrected chi connectivity index (χ0v) is 17.1. The molecule has 2 heterocycles. The zero-order chi connectivity index (χ0) is 18.2. The first kappa shape index (κ1) is 19.7. The molecule has 2 aliphatic rings. The van der Waals surface area contributed by atoms with Crippen LogP contribution in [0.2, 0.25) is 0 Å². The molecule has 2 unspecified atom stereocenters. The van der Waals surface area contributed by atoms with Crippen LogP contribution in [0.3, 0.4) is 0 Å². The van der Waals surface area contributed by atoms with Crippen LogP contribution in [0.4, 0.5) is 5.69 Å². The molecule has 2 heteroatoms. The second-order valence-electron chi connectivity index (χ2n) is 8.43. The molecule has 2 aliphatic heterocycles. The first-order chi connectivity index (χ1) is 12.8. The number of anilines is 1. The van der Waals surface area contributed by atoms with Crippen molar-refractivity contribution in [3.8, 4) is 0 Å². The SMILES string of the molecule is CCCCCCCCCCCCOC1CCN2c3c(cccc31)CC2C. The first-order valence-electron chi connectivity index (χ1n) is 11.3. The molecule has 2 nitrogen and oxygen atoms in total. The molecule has 0 fully saturated rings. The van der Waals surface area contributed by atoms with Crippen molar-refractivity contribution in [1.82, 2.24) is 0 Å². The lowest BCUT2D eigenvalue weighted by Gasteiger charge is -2.35. The van der Waals surface area contributed by atoms with E-state index in [9.17, 15) is 0 Å². The third-order valence-electron chi connectivity index (χ3n) is 6.28. The molecule has 0 saturated carbocycles. The normalized spacial score (nSPS) is 21.2. The van der Waals surface area contributed by atoms with Gasteiger partial charge in [-0.2, -0.15) is 0 Å². The Morgan fingerprint density at radius 1 is 0.962 bits per heavy atom. The summed E-state index contributed by atoms with van der Waals surface area (Å²) in [5, 5.41) is 0. The minimum Gasteiger partial charge on any atom is -0.373 e. The molecule has 3 rings (SSSR count). The fraction of sp³-hybridized carbons (Fsp3) is 0.750. The molecule has 146 valence electrons. The number of rotatable bonds is 12. The van der Waals surface area contributed by atoms with Crippen LogP contribution in [-0.4, -0.2) is 19.2 Å². The second kappa shape index (κ2) is 10.3. The van der Waals surface area contributed by atoms with Gasteiger partial charge in [0.25, 0.3) is 0 Å². The van der Waals surface area contributed by atoms with E-state index in [0.29, 0.717) is 12.1 Å². The van der Waals surface area contributed by atoms with Gasteiger partial charge in [0.1, 0.15) is 0 Å². The van der Waals surface area contributed by atoms with Gasteiger partial charge in [-0.1, -0.05) is 82.9 Å². The van der Waals surface area contributed by atoms with Gasteiger partial charge in [-0.25, -0.2) is 0 Å². The quantitative estimate of drug-likeness (QED) is 0.380. The van der Waals surface area contributed by atoms with Crippen molar-refractivity contribution in [2.75, 3.05) is 18.1 Å². The highest BCUT2D eigenvalue weighted by molar-refractivity contribution is 5.66. The fourth-order valence-corrected chi connectivity index (χ4v) is 4.77.